The summed E-state index contributed by atoms with van der Waals surface area (Å²) in [6.07, 6.45) is 0.674. The van der Waals surface area contributed by atoms with Gasteiger partial charge in [0.2, 0.25) is 5.88 Å². The first kappa shape index (κ1) is 13.5. The maximum absolute atomic E-state index is 6.20. The monoisotopic (exact) mass is 257 g/mol. The van der Waals surface area contributed by atoms with Crippen molar-refractivity contribution >= 4 is 0 Å². The van der Waals surface area contributed by atoms with E-state index < -0.39 is 0 Å². The van der Waals surface area contributed by atoms with Gasteiger partial charge in [-0.1, -0.05) is 30.3 Å². The summed E-state index contributed by atoms with van der Waals surface area (Å²) in [6, 6.07) is 11.8. The molecule has 1 aromatic carbocycles. The maximum Gasteiger partial charge on any atom is 0.216 e. The van der Waals surface area contributed by atoms with E-state index in [2.05, 4.69) is 9.97 Å². The van der Waals surface area contributed by atoms with Crippen LogP contribution in [0.4, 0.5) is 0 Å². The summed E-state index contributed by atoms with van der Waals surface area (Å²) in [7, 11) is 0. The van der Waals surface area contributed by atoms with E-state index in [1.54, 1.807) is 0 Å². The zero-order valence-electron chi connectivity index (χ0n) is 11.3. The lowest BCUT2D eigenvalue weighted by Gasteiger charge is -2.12. The molecule has 0 saturated heterocycles. The van der Waals surface area contributed by atoms with Gasteiger partial charge in [0, 0.05) is 24.2 Å². The second-order valence-electron chi connectivity index (χ2n) is 4.40. The van der Waals surface area contributed by atoms with Crippen molar-refractivity contribution in [3.05, 3.63) is 53.5 Å². The molecule has 0 saturated carbocycles. The van der Waals surface area contributed by atoms with Crippen LogP contribution < -0.4 is 10.5 Å². The van der Waals surface area contributed by atoms with Gasteiger partial charge in [-0.3, -0.25) is 0 Å². The highest BCUT2D eigenvalue weighted by molar-refractivity contribution is 5.22. The topological polar surface area (TPSA) is 61.0 Å². The van der Waals surface area contributed by atoms with Crippen molar-refractivity contribution in [2.75, 3.05) is 6.61 Å². The lowest BCUT2D eigenvalue weighted by atomic mass is 10.0. The molecule has 4 nitrogen and oxygen atoms in total. The number of nitrogens with zero attached hydrogens (tertiary/aromatic N) is 2. The summed E-state index contributed by atoms with van der Waals surface area (Å²) >= 11 is 0. The highest BCUT2D eigenvalue weighted by atomic mass is 16.5. The Morgan fingerprint density at radius 2 is 1.95 bits per heavy atom. The van der Waals surface area contributed by atoms with Crippen LogP contribution in [0.2, 0.25) is 0 Å². The van der Waals surface area contributed by atoms with Gasteiger partial charge in [-0.2, -0.15) is 4.98 Å². The fraction of sp³-hybridized carbons (Fsp3) is 0.333. The molecule has 2 aromatic rings. The van der Waals surface area contributed by atoms with Crippen molar-refractivity contribution in [1.82, 2.24) is 9.97 Å². The van der Waals surface area contributed by atoms with E-state index in [4.69, 9.17) is 10.5 Å². The normalized spacial score (nSPS) is 12.2. The summed E-state index contributed by atoms with van der Waals surface area (Å²) in [6.45, 7) is 4.40. The number of benzene rings is 1. The Morgan fingerprint density at radius 1 is 1.21 bits per heavy atom. The van der Waals surface area contributed by atoms with Crippen molar-refractivity contribution < 1.29 is 4.74 Å². The van der Waals surface area contributed by atoms with Gasteiger partial charge < -0.3 is 10.5 Å². The van der Waals surface area contributed by atoms with Gasteiger partial charge in [0.05, 0.1) is 6.61 Å². The molecular weight excluding hydrogens is 238 g/mol. The molecule has 1 unspecified atom stereocenters. The molecule has 2 rings (SSSR count). The van der Waals surface area contributed by atoms with Crippen molar-refractivity contribution in [3.8, 4) is 5.88 Å². The molecule has 0 aliphatic carbocycles. The lowest BCUT2D eigenvalue weighted by molar-refractivity contribution is 0.324. The predicted octanol–water partition coefficient (Wildman–Crippen LogP) is 2.43. The van der Waals surface area contributed by atoms with Gasteiger partial charge in [0.15, 0.2) is 0 Å². The summed E-state index contributed by atoms with van der Waals surface area (Å²) in [5.74, 6) is 1.33. The fourth-order valence-electron chi connectivity index (χ4n) is 1.97. The zero-order valence-corrected chi connectivity index (χ0v) is 11.3. The van der Waals surface area contributed by atoms with Crippen LogP contribution in [0, 0.1) is 6.92 Å². The van der Waals surface area contributed by atoms with Gasteiger partial charge in [0.1, 0.15) is 5.82 Å². The standard InChI is InChI=1S/C15H19N3O/c1-3-19-15-10-13(17-11(2)18-15)9-14(16)12-7-5-4-6-8-12/h4-8,10,14H,3,9,16H2,1-2H3. The Morgan fingerprint density at radius 3 is 2.63 bits per heavy atom. The smallest absolute Gasteiger partial charge is 0.216 e. The molecule has 0 aliphatic heterocycles. The zero-order chi connectivity index (χ0) is 13.7. The Hall–Kier alpha value is -1.94. The first-order valence-corrected chi connectivity index (χ1v) is 6.47. The van der Waals surface area contributed by atoms with Crippen molar-refractivity contribution in [3.63, 3.8) is 0 Å². The lowest BCUT2D eigenvalue weighted by Crippen LogP contribution is -2.14. The molecule has 100 valence electrons. The minimum absolute atomic E-state index is 0.0648. The van der Waals surface area contributed by atoms with Crippen LogP contribution in [0.5, 0.6) is 5.88 Å². The Labute approximate surface area is 113 Å². The van der Waals surface area contributed by atoms with Crippen LogP contribution in [-0.4, -0.2) is 16.6 Å². The van der Waals surface area contributed by atoms with Gasteiger partial charge in [-0.05, 0) is 19.4 Å². The first-order chi connectivity index (χ1) is 9.19. The SMILES string of the molecule is CCOc1cc(CC(N)c2ccccc2)nc(C)n1. The minimum atomic E-state index is -0.0648. The van der Waals surface area contributed by atoms with E-state index in [1.165, 1.54) is 0 Å². The van der Waals surface area contributed by atoms with Crippen LogP contribution in [0.1, 0.15) is 30.0 Å². The number of aryl methyl sites for hydroxylation is 1. The third kappa shape index (κ3) is 3.76. The van der Waals surface area contributed by atoms with E-state index in [9.17, 15) is 0 Å². The molecule has 2 N–H and O–H groups in total. The average Bonchev–Trinajstić information content (AvgIpc) is 2.39. The molecule has 0 spiro atoms. The third-order valence-electron chi connectivity index (χ3n) is 2.82. The Balaban J connectivity index is 2.14. The molecule has 0 bridgehead atoms. The van der Waals surface area contributed by atoms with Crippen molar-refractivity contribution in [1.29, 1.82) is 0 Å². The van der Waals surface area contributed by atoms with Crippen LogP contribution in [0.3, 0.4) is 0 Å². The number of ether oxygens (including phenoxy) is 1. The molecule has 0 amide bonds. The summed E-state index contributed by atoms with van der Waals surface area (Å²) in [4.78, 5) is 8.64. The predicted molar refractivity (Wildman–Crippen MR) is 75.0 cm³/mol. The Kier molecular flexibility index (Phi) is 4.47. The molecule has 0 fully saturated rings. The van der Waals surface area contributed by atoms with Crippen LogP contribution >= 0.6 is 0 Å². The number of nitrogens with two attached hydrogens (primary N) is 1. The summed E-state index contributed by atoms with van der Waals surface area (Å²) in [5, 5.41) is 0. The molecule has 19 heavy (non-hydrogen) atoms. The molecule has 1 heterocycles. The van der Waals surface area contributed by atoms with Gasteiger partial charge in [-0.15, -0.1) is 0 Å². The van der Waals surface area contributed by atoms with Crippen LogP contribution in [0.25, 0.3) is 0 Å². The highest BCUT2D eigenvalue weighted by Crippen LogP contribution is 2.17. The molecule has 0 aliphatic rings. The second kappa shape index (κ2) is 6.29. The number of hydrogen-bond donors (Lipinski definition) is 1. The molecule has 1 aromatic heterocycles. The van der Waals surface area contributed by atoms with Crippen LogP contribution in [-0.2, 0) is 6.42 Å². The second-order valence-corrected chi connectivity index (χ2v) is 4.40. The summed E-state index contributed by atoms with van der Waals surface area (Å²) < 4.78 is 5.42. The fourth-order valence-corrected chi connectivity index (χ4v) is 1.97. The van der Waals surface area contributed by atoms with E-state index in [0.29, 0.717) is 24.7 Å². The maximum atomic E-state index is 6.20. The third-order valence-corrected chi connectivity index (χ3v) is 2.82. The number of hydrogen-bond acceptors (Lipinski definition) is 4. The van der Waals surface area contributed by atoms with E-state index in [-0.39, 0.29) is 6.04 Å². The van der Waals surface area contributed by atoms with Gasteiger partial charge in [0.25, 0.3) is 0 Å². The number of aromatic nitrogens is 2. The summed E-state index contributed by atoms with van der Waals surface area (Å²) in [5.41, 5.74) is 8.22. The van der Waals surface area contributed by atoms with Crippen LogP contribution in [0.15, 0.2) is 36.4 Å². The quantitative estimate of drug-likeness (QED) is 0.893. The first-order valence-electron chi connectivity index (χ1n) is 6.47. The largest absolute Gasteiger partial charge is 0.478 e. The van der Waals surface area contributed by atoms with E-state index >= 15 is 0 Å². The van der Waals surface area contributed by atoms with E-state index in [1.807, 2.05) is 50.2 Å². The molecular formula is C15H19N3O. The van der Waals surface area contributed by atoms with Gasteiger partial charge in [-0.25, -0.2) is 4.98 Å². The minimum Gasteiger partial charge on any atom is -0.478 e. The average molecular weight is 257 g/mol. The van der Waals surface area contributed by atoms with Crippen molar-refractivity contribution in [2.45, 2.75) is 26.3 Å². The van der Waals surface area contributed by atoms with E-state index in [0.717, 1.165) is 11.3 Å². The van der Waals surface area contributed by atoms with Crippen molar-refractivity contribution in [2.24, 2.45) is 5.73 Å². The molecule has 1 atom stereocenters. The Bertz CT molecular complexity index is 528. The highest BCUT2D eigenvalue weighted by Gasteiger charge is 2.10. The molecule has 0 radical (unpaired) electrons. The molecule has 4 heteroatoms. The van der Waals surface area contributed by atoms with Gasteiger partial charge >= 0.3 is 0 Å². The number of rotatable bonds is 5.